The monoisotopic (exact) mass is 259 g/mol. The molecule has 2 N–H and O–H groups in total. The molecule has 0 aromatic heterocycles. The molecule has 1 atom stereocenters. The van der Waals surface area contributed by atoms with Gasteiger partial charge < -0.3 is 10.4 Å². The van der Waals surface area contributed by atoms with Gasteiger partial charge in [-0.05, 0) is 30.5 Å². The Balaban J connectivity index is 2.66. The number of carboxylic acid groups (broad SMARTS) is 1. The summed E-state index contributed by atoms with van der Waals surface area (Å²) in [6.07, 6.45) is 5.20. The van der Waals surface area contributed by atoms with Crippen LogP contribution in [0.5, 0.6) is 0 Å². The van der Waals surface area contributed by atoms with Crippen LogP contribution in [0.1, 0.15) is 23.1 Å². The number of aliphatic carboxylic acids is 1. The fraction of sp³-hybridized carbons (Fsp3) is 0.333. The van der Waals surface area contributed by atoms with Crippen LogP contribution in [0.2, 0.25) is 0 Å². The van der Waals surface area contributed by atoms with Crippen molar-refractivity contribution in [3.05, 3.63) is 34.9 Å². The molecule has 0 bridgehead atoms. The first-order chi connectivity index (χ1) is 8.93. The lowest BCUT2D eigenvalue weighted by molar-refractivity contribution is -0.141. The molecule has 4 heteroatoms. The van der Waals surface area contributed by atoms with E-state index in [0.29, 0.717) is 0 Å². The van der Waals surface area contributed by atoms with Gasteiger partial charge >= 0.3 is 5.97 Å². The van der Waals surface area contributed by atoms with Crippen LogP contribution in [0.25, 0.3) is 0 Å². The number of carboxylic acids is 1. The zero-order chi connectivity index (χ0) is 14.4. The van der Waals surface area contributed by atoms with E-state index in [0.717, 1.165) is 16.7 Å². The number of terminal acetylenes is 1. The number of aryl methyl sites for hydroxylation is 2. The molecule has 0 spiro atoms. The Morgan fingerprint density at radius 2 is 2.05 bits per heavy atom. The van der Waals surface area contributed by atoms with Gasteiger partial charge in [-0.1, -0.05) is 18.2 Å². The van der Waals surface area contributed by atoms with Crippen molar-refractivity contribution in [1.29, 1.82) is 0 Å². The number of carbonyl (C=O) groups excluding carboxylic acids is 1. The van der Waals surface area contributed by atoms with Crippen molar-refractivity contribution >= 4 is 11.9 Å². The van der Waals surface area contributed by atoms with Gasteiger partial charge in [-0.3, -0.25) is 4.79 Å². The Morgan fingerprint density at radius 1 is 1.37 bits per heavy atom. The summed E-state index contributed by atoms with van der Waals surface area (Å²) in [4.78, 5) is 22.6. The van der Waals surface area contributed by atoms with Crippen molar-refractivity contribution in [2.24, 2.45) is 0 Å². The zero-order valence-electron chi connectivity index (χ0n) is 11.1. The number of nitrogens with one attached hydrogen (secondary N) is 1. The van der Waals surface area contributed by atoms with E-state index in [9.17, 15) is 9.59 Å². The number of hydrogen-bond donors (Lipinski definition) is 2. The first-order valence-corrected chi connectivity index (χ1v) is 5.95. The predicted molar refractivity (Wildman–Crippen MR) is 72.6 cm³/mol. The molecule has 0 saturated carbocycles. The Morgan fingerprint density at radius 3 is 2.58 bits per heavy atom. The minimum atomic E-state index is -1.12. The third-order valence-electron chi connectivity index (χ3n) is 2.89. The molecule has 4 nitrogen and oxygen atoms in total. The molecule has 1 aromatic carbocycles. The van der Waals surface area contributed by atoms with E-state index < -0.39 is 12.0 Å². The van der Waals surface area contributed by atoms with Crippen LogP contribution < -0.4 is 5.32 Å². The van der Waals surface area contributed by atoms with Crippen molar-refractivity contribution in [3.8, 4) is 12.3 Å². The minimum absolute atomic E-state index is 0.0198. The van der Waals surface area contributed by atoms with Gasteiger partial charge in [-0.15, -0.1) is 12.3 Å². The second kappa shape index (κ2) is 6.60. The highest BCUT2D eigenvalue weighted by molar-refractivity contribution is 5.85. The lowest BCUT2D eigenvalue weighted by Gasteiger charge is -2.12. The number of carbonyl (C=O) groups is 2. The molecule has 0 radical (unpaired) electrons. The summed E-state index contributed by atoms with van der Waals surface area (Å²) in [5, 5.41) is 11.3. The lowest BCUT2D eigenvalue weighted by Crippen LogP contribution is -2.41. The van der Waals surface area contributed by atoms with Crippen molar-refractivity contribution in [2.45, 2.75) is 32.7 Å². The van der Waals surface area contributed by atoms with E-state index in [1.807, 2.05) is 32.0 Å². The molecule has 0 aliphatic rings. The summed E-state index contributed by atoms with van der Waals surface area (Å²) in [5.41, 5.74) is 3.11. The highest BCUT2D eigenvalue weighted by atomic mass is 16.4. The maximum absolute atomic E-state index is 11.8. The molecule has 1 unspecified atom stereocenters. The van der Waals surface area contributed by atoms with Crippen LogP contribution in [-0.2, 0) is 16.0 Å². The molecule has 19 heavy (non-hydrogen) atoms. The van der Waals surface area contributed by atoms with E-state index in [-0.39, 0.29) is 18.7 Å². The van der Waals surface area contributed by atoms with Crippen LogP contribution in [0.4, 0.5) is 0 Å². The average Bonchev–Trinajstić information content (AvgIpc) is 2.33. The van der Waals surface area contributed by atoms with Crippen molar-refractivity contribution in [3.63, 3.8) is 0 Å². The van der Waals surface area contributed by atoms with Crippen LogP contribution in [-0.4, -0.2) is 23.0 Å². The number of hydrogen-bond acceptors (Lipinski definition) is 2. The molecule has 1 amide bonds. The SMILES string of the molecule is C#CCC(NC(=O)Cc1ccc(C)c(C)c1)C(=O)O. The first kappa shape index (κ1) is 14.8. The predicted octanol–water partition coefficient (Wildman–Crippen LogP) is 1.44. The number of rotatable bonds is 5. The molecule has 0 aliphatic carbocycles. The Bertz CT molecular complexity index is 529. The molecule has 0 saturated heterocycles. The third kappa shape index (κ3) is 4.47. The molecule has 0 fully saturated rings. The van der Waals surface area contributed by atoms with Crippen molar-refractivity contribution in [2.75, 3.05) is 0 Å². The highest BCUT2D eigenvalue weighted by Gasteiger charge is 2.18. The van der Waals surface area contributed by atoms with E-state index in [2.05, 4.69) is 11.2 Å². The molecule has 100 valence electrons. The molecule has 1 rings (SSSR count). The molecular formula is C15H17NO3. The fourth-order valence-corrected chi connectivity index (χ4v) is 1.66. The number of benzene rings is 1. The normalized spacial score (nSPS) is 11.4. The Hall–Kier alpha value is -2.28. The largest absolute Gasteiger partial charge is 0.480 e. The quantitative estimate of drug-likeness (QED) is 0.786. The highest BCUT2D eigenvalue weighted by Crippen LogP contribution is 2.10. The maximum Gasteiger partial charge on any atom is 0.327 e. The van der Waals surface area contributed by atoms with Gasteiger partial charge in [0.05, 0.1) is 6.42 Å². The van der Waals surface area contributed by atoms with Crippen LogP contribution in [0.15, 0.2) is 18.2 Å². The van der Waals surface area contributed by atoms with E-state index >= 15 is 0 Å². The topological polar surface area (TPSA) is 66.4 Å². The summed E-state index contributed by atoms with van der Waals surface area (Å²) in [6, 6.07) is 4.70. The Kier molecular flexibility index (Phi) is 5.13. The molecule has 0 aliphatic heterocycles. The lowest BCUT2D eigenvalue weighted by atomic mass is 10.0. The van der Waals surface area contributed by atoms with Gasteiger partial charge in [0, 0.05) is 6.42 Å². The van der Waals surface area contributed by atoms with Gasteiger partial charge in [-0.25, -0.2) is 4.79 Å². The van der Waals surface area contributed by atoms with Gasteiger partial charge in [0.1, 0.15) is 6.04 Å². The summed E-state index contributed by atoms with van der Waals surface area (Å²) >= 11 is 0. The third-order valence-corrected chi connectivity index (χ3v) is 2.89. The average molecular weight is 259 g/mol. The zero-order valence-corrected chi connectivity index (χ0v) is 11.1. The van der Waals surface area contributed by atoms with Gasteiger partial charge in [-0.2, -0.15) is 0 Å². The minimum Gasteiger partial charge on any atom is -0.480 e. The second-order valence-corrected chi connectivity index (χ2v) is 4.46. The fourth-order valence-electron chi connectivity index (χ4n) is 1.66. The van der Waals surface area contributed by atoms with Gasteiger partial charge in [0.15, 0.2) is 0 Å². The Labute approximate surface area is 112 Å². The van der Waals surface area contributed by atoms with Crippen LogP contribution in [0.3, 0.4) is 0 Å². The van der Waals surface area contributed by atoms with Gasteiger partial charge in [0.2, 0.25) is 5.91 Å². The molecule has 1 aromatic rings. The van der Waals surface area contributed by atoms with Crippen LogP contribution in [0, 0.1) is 26.2 Å². The van der Waals surface area contributed by atoms with Crippen molar-refractivity contribution < 1.29 is 14.7 Å². The van der Waals surface area contributed by atoms with Gasteiger partial charge in [0.25, 0.3) is 0 Å². The first-order valence-electron chi connectivity index (χ1n) is 5.95. The summed E-state index contributed by atoms with van der Waals surface area (Å²) in [5.74, 6) is 0.779. The second-order valence-electron chi connectivity index (χ2n) is 4.46. The van der Waals surface area contributed by atoms with E-state index in [4.69, 9.17) is 11.5 Å². The summed E-state index contributed by atoms with van der Waals surface area (Å²) < 4.78 is 0. The van der Waals surface area contributed by atoms with E-state index in [1.165, 1.54) is 0 Å². The summed E-state index contributed by atoms with van der Waals surface area (Å²) in [6.45, 7) is 3.96. The maximum atomic E-state index is 11.8. The molecule has 0 heterocycles. The smallest absolute Gasteiger partial charge is 0.327 e. The standard InChI is InChI=1S/C15H17NO3/c1-4-5-13(15(18)19)16-14(17)9-12-7-6-10(2)11(3)8-12/h1,6-8,13H,5,9H2,2-3H3,(H,16,17)(H,18,19). The summed E-state index contributed by atoms with van der Waals surface area (Å²) in [7, 11) is 0. The molecular weight excluding hydrogens is 242 g/mol. The van der Waals surface area contributed by atoms with E-state index in [1.54, 1.807) is 0 Å². The van der Waals surface area contributed by atoms with Crippen LogP contribution >= 0.6 is 0 Å². The van der Waals surface area contributed by atoms with Crippen molar-refractivity contribution in [1.82, 2.24) is 5.32 Å². The number of amides is 1.